The average molecular weight is 513 g/mol. The molecule has 6 heteroatoms. The summed E-state index contributed by atoms with van der Waals surface area (Å²) in [5.41, 5.74) is 0.564. The van der Waals surface area contributed by atoms with Crippen molar-refractivity contribution in [2.45, 2.75) is 64.2 Å². The zero-order valence-corrected chi connectivity index (χ0v) is 21.4. The molecule has 2 aliphatic carbocycles. The topological polar surface area (TPSA) is 35.5 Å². The van der Waals surface area contributed by atoms with Crippen LogP contribution in [-0.2, 0) is 0 Å². The first-order valence-corrected chi connectivity index (χ1v) is 13.3. The minimum absolute atomic E-state index is 0.000891. The summed E-state index contributed by atoms with van der Waals surface area (Å²) in [6.07, 6.45) is 14.9. The van der Waals surface area contributed by atoms with Crippen molar-refractivity contribution < 1.29 is 27.4 Å². The summed E-state index contributed by atoms with van der Waals surface area (Å²) in [4.78, 5) is 12.6. The van der Waals surface area contributed by atoms with Gasteiger partial charge in [-0.05, 0) is 105 Å². The molecule has 4 atom stereocenters. The normalized spacial score (nSPS) is 23.5. The van der Waals surface area contributed by atoms with E-state index < -0.39 is 29.2 Å². The Kier molecular flexibility index (Phi) is 9.12. The number of halogens is 3. The Morgan fingerprint density at radius 1 is 1.00 bits per heavy atom. The molecule has 198 valence electrons. The number of benzene rings is 2. The molecule has 0 aromatic heterocycles. The van der Waals surface area contributed by atoms with E-state index in [1.807, 2.05) is 0 Å². The number of hydrogen-bond acceptors (Lipinski definition) is 3. The van der Waals surface area contributed by atoms with E-state index in [0.29, 0.717) is 11.5 Å². The van der Waals surface area contributed by atoms with Gasteiger partial charge in [0.15, 0.2) is 11.5 Å². The second-order valence-corrected chi connectivity index (χ2v) is 10.3. The molecule has 0 radical (unpaired) electrons. The Bertz CT molecular complexity index is 1140. The van der Waals surface area contributed by atoms with Crippen molar-refractivity contribution in [2.75, 3.05) is 6.61 Å². The maximum Gasteiger partial charge on any atom is 0.343 e. The molecule has 0 aliphatic heterocycles. The molecule has 0 bridgehead atoms. The fraction of sp³-hybridized carbons (Fsp3) is 0.452. The van der Waals surface area contributed by atoms with E-state index >= 15 is 4.39 Å². The van der Waals surface area contributed by atoms with Crippen LogP contribution in [0.2, 0.25) is 0 Å². The van der Waals surface area contributed by atoms with Gasteiger partial charge in [-0.2, -0.15) is 8.78 Å². The van der Waals surface area contributed by atoms with E-state index in [4.69, 9.17) is 9.47 Å². The van der Waals surface area contributed by atoms with Crippen LogP contribution in [0.1, 0.15) is 80.1 Å². The fourth-order valence-corrected chi connectivity index (χ4v) is 6.03. The van der Waals surface area contributed by atoms with Gasteiger partial charge in [-0.1, -0.05) is 37.3 Å². The van der Waals surface area contributed by atoms with Crippen molar-refractivity contribution in [3.63, 3.8) is 0 Å². The average Bonchev–Trinajstić information content (AvgIpc) is 2.90. The maximum atomic E-state index is 15.1. The van der Waals surface area contributed by atoms with Crippen LogP contribution in [0.25, 0.3) is 0 Å². The molecule has 2 aliphatic rings. The van der Waals surface area contributed by atoms with E-state index in [1.54, 1.807) is 6.07 Å². The summed E-state index contributed by atoms with van der Waals surface area (Å²) in [6.45, 7) is 5.51. The molecule has 2 aromatic carbocycles. The van der Waals surface area contributed by atoms with Gasteiger partial charge in [-0.15, -0.1) is 0 Å². The standard InChI is InChI=1S/C31H35F3O3/c1-3-5-6-7-20-8-9-22-18-23(11-10-21(22)17-20)25-13-12-24(19-26(25)32)31(35)37-28-15-14-27(36-16-4-2)29(33)30(28)34/h3-5,12-15,19-23H,2,6-11,16-18H2,1H3/b5-3+. The molecular weight excluding hydrogens is 477 g/mol. The molecule has 0 spiro atoms. The van der Waals surface area contributed by atoms with Crippen molar-refractivity contribution in [1.29, 1.82) is 0 Å². The van der Waals surface area contributed by atoms with Crippen molar-refractivity contribution in [3.8, 4) is 11.5 Å². The van der Waals surface area contributed by atoms with E-state index in [-0.39, 0.29) is 23.8 Å². The summed E-state index contributed by atoms with van der Waals surface area (Å²) < 4.78 is 53.7. The first-order valence-electron chi connectivity index (χ1n) is 13.3. The molecule has 4 rings (SSSR count). The number of allylic oxidation sites excluding steroid dienone is 2. The third kappa shape index (κ3) is 6.46. The smallest absolute Gasteiger partial charge is 0.343 e. The summed E-state index contributed by atoms with van der Waals surface area (Å²) in [7, 11) is 0. The lowest BCUT2D eigenvalue weighted by Gasteiger charge is -2.42. The highest BCUT2D eigenvalue weighted by Gasteiger charge is 2.36. The predicted molar refractivity (Wildman–Crippen MR) is 138 cm³/mol. The summed E-state index contributed by atoms with van der Waals surface area (Å²) in [6, 6.07) is 6.55. The molecular formula is C31H35F3O3. The molecule has 2 fully saturated rings. The van der Waals surface area contributed by atoms with Gasteiger partial charge in [-0.25, -0.2) is 9.18 Å². The third-order valence-electron chi connectivity index (χ3n) is 7.95. The summed E-state index contributed by atoms with van der Waals surface area (Å²) in [5, 5.41) is 0. The van der Waals surface area contributed by atoms with Crippen LogP contribution in [0.15, 0.2) is 55.1 Å². The minimum atomic E-state index is -1.35. The zero-order valence-electron chi connectivity index (χ0n) is 21.4. The quantitative estimate of drug-likeness (QED) is 0.192. The van der Waals surface area contributed by atoms with E-state index in [0.717, 1.165) is 49.7 Å². The van der Waals surface area contributed by atoms with Crippen LogP contribution >= 0.6 is 0 Å². The van der Waals surface area contributed by atoms with Crippen LogP contribution in [-0.4, -0.2) is 12.6 Å². The van der Waals surface area contributed by atoms with E-state index in [9.17, 15) is 13.6 Å². The molecule has 2 aromatic rings. The van der Waals surface area contributed by atoms with Crippen LogP contribution in [0.5, 0.6) is 11.5 Å². The number of carbonyl (C=O) groups excluding carboxylic acids is 1. The number of carbonyl (C=O) groups is 1. The van der Waals surface area contributed by atoms with Crippen LogP contribution < -0.4 is 9.47 Å². The van der Waals surface area contributed by atoms with Crippen LogP contribution in [0, 0.1) is 35.2 Å². The number of esters is 1. The minimum Gasteiger partial charge on any atom is -0.486 e. The number of hydrogen-bond donors (Lipinski definition) is 0. The van der Waals surface area contributed by atoms with Gasteiger partial charge in [0.05, 0.1) is 5.56 Å². The highest BCUT2D eigenvalue weighted by Crippen LogP contribution is 2.48. The molecule has 37 heavy (non-hydrogen) atoms. The lowest BCUT2D eigenvalue weighted by Crippen LogP contribution is -2.30. The van der Waals surface area contributed by atoms with Crippen molar-refractivity contribution in [1.82, 2.24) is 0 Å². The molecule has 0 N–H and O–H groups in total. The van der Waals surface area contributed by atoms with Crippen LogP contribution in [0.3, 0.4) is 0 Å². The Labute approximate surface area is 217 Å². The van der Waals surface area contributed by atoms with Crippen molar-refractivity contribution in [3.05, 3.63) is 83.7 Å². The Balaban J connectivity index is 1.37. The second-order valence-electron chi connectivity index (χ2n) is 10.3. The Morgan fingerprint density at radius 3 is 2.49 bits per heavy atom. The molecule has 4 unspecified atom stereocenters. The largest absolute Gasteiger partial charge is 0.486 e. The third-order valence-corrected chi connectivity index (χ3v) is 7.95. The SMILES string of the molecule is C=CCOc1ccc(OC(=O)c2ccc(C3CCC4CC(CC/C=C/C)CCC4C3)c(F)c2)c(F)c1F. The number of fused-ring (bicyclic) bond motifs is 1. The van der Waals surface area contributed by atoms with Gasteiger partial charge < -0.3 is 9.47 Å². The summed E-state index contributed by atoms with van der Waals surface area (Å²) in [5.74, 6) is -2.66. The first-order chi connectivity index (χ1) is 17.9. The fourth-order valence-electron chi connectivity index (χ4n) is 6.03. The molecule has 0 heterocycles. The highest BCUT2D eigenvalue weighted by molar-refractivity contribution is 5.91. The number of rotatable bonds is 9. The van der Waals surface area contributed by atoms with Crippen molar-refractivity contribution in [2.24, 2.45) is 17.8 Å². The monoisotopic (exact) mass is 512 g/mol. The molecule has 0 amide bonds. The van der Waals surface area contributed by atoms with E-state index in [1.165, 1.54) is 43.9 Å². The zero-order chi connectivity index (χ0) is 26.4. The van der Waals surface area contributed by atoms with Gasteiger partial charge in [-0.3, -0.25) is 0 Å². The lowest BCUT2D eigenvalue weighted by atomic mass is 9.63. The predicted octanol–water partition coefficient (Wildman–Crippen LogP) is 8.54. The van der Waals surface area contributed by atoms with Gasteiger partial charge in [0.1, 0.15) is 12.4 Å². The highest BCUT2D eigenvalue weighted by atomic mass is 19.2. The van der Waals surface area contributed by atoms with Gasteiger partial charge in [0.25, 0.3) is 0 Å². The van der Waals surface area contributed by atoms with E-state index in [2.05, 4.69) is 25.7 Å². The van der Waals surface area contributed by atoms with Gasteiger partial charge >= 0.3 is 5.97 Å². The van der Waals surface area contributed by atoms with Gasteiger partial charge in [0, 0.05) is 0 Å². The lowest BCUT2D eigenvalue weighted by molar-refractivity contribution is 0.0725. The van der Waals surface area contributed by atoms with Crippen molar-refractivity contribution >= 4 is 5.97 Å². The summed E-state index contributed by atoms with van der Waals surface area (Å²) >= 11 is 0. The molecule has 3 nitrogen and oxygen atoms in total. The van der Waals surface area contributed by atoms with Gasteiger partial charge in [0.2, 0.25) is 11.6 Å². The Morgan fingerprint density at radius 2 is 1.73 bits per heavy atom. The second kappa shape index (κ2) is 12.5. The molecule has 0 saturated heterocycles. The first kappa shape index (κ1) is 27.0. The molecule has 2 saturated carbocycles. The van der Waals surface area contributed by atoms with Crippen LogP contribution in [0.4, 0.5) is 13.2 Å². The Hall–Kier alpha value is -3.02. The number of ether oxygens (including phenoxy) is 2. The maximum absolute atomic E-state index is 15.1.